The van der Waals surface area contributed by atoms with Gasteiger partial charge >= 0.3 is 6.18 Å². The van der Waals surface area contributed by atoms with Crippen LogP contribution in [-0.4, -0.2) is 18.7 Å². The molecular weight excluding hydrogens is 312 g/mol. The molecule has 0 fully saturated rings. The molecule has 0 aliphatic carbocycles. The van der Waals surface area contributed by atoms with Crippen molar-refractivity contribution in [2.75, 3.05) is 0 Å². The summed E-state index contributed by atoms with van der Waals surface area (Å²) in [6.45, 7) is 0. The fourth-order valence-corrected chi connectivity index (χ4v) is 1.97. The van der Waals surface area contributed by atoms with Gasteiger partial charge in [-0.3, -0.25) is 0 Å². The summed E-state index contributed by atoms with van der Waals surface area (Å²) in [6.07, 6.45) is -4.77. The number of hydrogen-bond donors (Lipinski definition) is 1. The number of halogens is 4. The van der Waals surface area contributed by atoms with E-state index in [0.29, 0.717) is 6.07 Å². The number of aromatic nitrogens is 2. The number of hydrogen-bond acceptors (Lipinski definition) is 3. The van der Waals surface area contributed by atoms with Crippen LogP contribution in [0.4, 0.5) is 17.6 Å². The molecule has 2 aromatic rings. The minimum atomic E-state index is -4.77. The lowest BCUT2D eigenvalue weighted by atomic mass is 10.1. The summed E-state index contributed by atoms with van der Waals surface area (Å²) in [5.41, 5.74) is -1.73. The SMILES string of the molecule is O=S(O)Cc1nc(-c2ccccc2F)cc(C(F)(F)F)n1. The van der Waals surface area contributed by atoms with Crippen molar-refractivity contribution in [3.8, 4) is 11.3 Å². The minimum Gasteiger partial charge on any atom is -0.306 e. The maximum absolute atomic E-state index is 13.6. The zero-order valence-electron chi connectivity index (χ0n) is 10.3. The highest BCUT2D eigenvalue weighted by atomic mass is 32.2. The maximum Gasteiger partial charge on any atom is 0.433 e. The molecule has 1 aromatic carbocycles. The van der Waals surface area contributed by atoms with Crippen molar-refractivity contribution in [1.29, 1.82) is 0 Å². The molecule has 0 saturated heterocycles. The van der Waals surface area contributed by atoms with Crippen LogP contribution in [-0.2, 0) is 23.0 Å². The van der Waals surface area contributed by atoms with E-state index in [0.717, 1.165) is 6.07 Å². The summed E-state index contributed by atoms with van der Waals surface area (Å²) in [6, 6.07) is 5.76. The highest BCUT2D eigenvalue weighted by molar-refractivity contribution is 7.78. The summed E-state index contributed by atoms with van der Waals surface area (Å²) < 4.78 is 71.5. The highest BCUT2D eigenvalue weighted by Crippen LogP contribution is 2.31. The Hall–Kier alpha value is -1.87. The largest absolute Gasteiger partial charge is 0.433 e. The van der Waals surface area contributed by atoms with E-state index in [2.05, 4.69) is 9.97 Å². The Balaban J connectivity index is 2.60. The third-order valence-electron chi connectivity index (χ3n) is 2.47. The van der Waals surface area contributed by atoms with Crippen LogP contribution in [0.25, 0.3) is 11.3 Å². The summed E-state index contributed by atoms with van der Waals surface area (Å²) >= 11 is -2.41. The van der Waals surface area contributed by atoms with Crippen LogP contribution in [0.3, 0.4) is 0 Å². The maximum atomic E-state index is 13.6. The highest BCUT2D eigenvalue weighted by Gasteiger charge is 2.34. The zero-order chi connectivity index (χ0) is 15.6. The topological polar surface area (TPSA) is 63.1 Å². The predicted octanol–water partition coefficient (Wildman–Crippen LogP) is 3.02. The van der Waals surface area contributed by atoms with E-state index in [-0.39, 0.29) is 11.3 Å². The smallest absolute Gasteiger partial charge is 0.306 e. The normalized spacial score (nSPS) is 13.2. The third kappa shape index (κ3) is 3.82. The molecule has 0 amide bonds. The first-order chi connectivity index (χ1) is 9.77. The molecule has 0 aliphatic heterocycles. The lowest BCUT2D eigenvalue weighted by Crippen LogP contribution is -2.12. The van der Waals surface area contributed by atoms with E-state index in [1.54, 1.807) is 0 Å². The van der Waals surface area contributed by atoms with Gasteiger partial charge in [0.05, 0.1) is 5.69 Å². The van der Waals surface area contributed by atoms with E-state index in [9.17, 15) is 21.8 Å². The van der Waals surface area contributed by atoms with Gasteiger partial charge in [0.1, 0.15) is 23.1 Å². The molecule has 0 aliphatic rings. The van der Waals surface area contributed by atoms with Crippen molar-refractivity contribution >= 4 is 11.1 Å². The van der Waals surface area contributed by atoms with E-state index in [4.69, 9.17) is 4.55 Å². The fourth-order valence-electron chi connectivity index (χ4n) is 1.62. The van der Waals surface area contributed by atoms with E-state index in [1.807, 2.05) is 0 Å². The van der Waals surface area contributed by atoms with Crippen LogP contribution in [0.1, 0.15) is 11.5 Å². The van der Waals surface area contributed by atoms with Gasteiger partial charge in [-0.1, -0.05) is 12.1 Å². The molecule has 2 rings (SSSR count). The lowest BCUT2D eigenvalue weighted by molar-refractivity contribution is -0.141. The first-order valence-corrected chi connectivity index (χ1v) is 6.82. The summed E-state index contributed by atoms with van der Waals surface area (Å²) in [5.74, 6) is -1.91. The molecule has 4 nitrogen and oxygen atoms in total. The van der Waals surface area contributed by atoms with Gasteiger partial charge in [-0.15, -0.1) is 0 Å². The second-order valence-electron chi connectivity index (χ2n) is 4.00. The van der Waals surface area contributed by atoms with Gasteiger partial charge in [0.2, 0.25) is 0 Å². The van der Waals surface area contributed by atoms with Crippen LogP contribution in [0.5, 0.6) is 0 Å². The molecule has 1 atom stereocenters. The second-order valence-corrected chi connectivity index (χ2v) is 4.93. The van der Waals surface area contributed by atoms with Crippen molar-refractivity contribution in [3.05, 3.63) is 47.7 Å². The van der Waals surface area contributed by atoms with Crippen LogP contribution < -0.4 is 0 Å². The summed E-state index contributed by atoms with van der Waals surface area (Å²) in [7, 11) is 0. The van der Waals surface area contributed by atoms with Crippen LogP contribution in [0.2, 0.25) is 0 Å². The van der Waals surface area contributed by atoms with Gasteiger partial charge in [0, 0.05) is 5.56 Å². The summed E-state index contributed by atoms with van der Waals surface area (Å²) in [5, 5.41) is 0. The van der Waals surface area contributed by atoms with Crippen molar-refractivity contribution in [2.45, 2.75) is 11.9 Å². The third-order valence-corrected chi connectivity index (χ3v) is 2.97. The number of nitrogens with zero attached hydrogens (tertiary/aromatic N) is 2. The molecule has 21 heavy (non-hydrogen) atoms. The van der Waals surface area contributed by atoms with Crippen molar-refractivity contribution in [3.63, 3.8) is 0 Å². The van der Waals surface area contributed by atoms with Gasteiger partial charge in [-0.25, -0.2) is 18.6 Å². The van der Waals surface area contributed by atoms with Gasteiger partial charge in [-0.2, -0.15) is 13.2 Å². The van der Waals surface area contributed by atoms with Crippen LogP contribution >= 0.6 is 0 Å². The average molecular weight is 320 g/mol. The Bertz CT molecular complexity index is 691. The second kappa shape index (κ2) is 5.86. The molecule has 1 aromatic heterocycles. The van der Waals surface area contributed by atoms with Gasteiger partial charge in [-0.05, 0) is 18.2 Å². The van der Waals surface area contributed by atoms with Gasteiger partial charge in [0.15, 0.2) is 11.1 Å². The Morgan fingerprint density at radius 3 is 2.43 bits per heavy atom. The number of alkyl halides is 3. The molecule has 1 unspecified atom stereocenters. The van der Waals surface area contributed by atoms with E-state index < -0.39 is 40.3 Å². The summed E-state index contributed by atoms with van der Waals surface area (Å²) in [4.78, 5) is 6.90. The molecule has 1 heterocycles. The van der Waals surface area contributed by atoms with Crippen LogP contribution in [0, 0.1) is 5.82 Å². The van der Waals surface area contributed by atoms with E-state index in [1.165, 1.54) is 18.2 Å². The predicted molar refractivity (Wildman–Crippen MR) is 66.9 cm³/mol. The molecule has 112 valence electrons. The van der Waals surface area contributed by atoms with Gasteiger partial charge in [0.25, 0.3) is 0 Å². The molecule has 9 heteroatoms. The van der Waals surface area contributed by atoms with E-state index >= 15 is 0 Å². The lowest BCUT2D eigenvalue weighted by Gasteiger charge is -2.10. The molecule has 0 saturated carbocycles. The first kappa shape index (κ1) is 15.5. The Kier molecular flexibility index (Phi) is 4.33. The monoisotopic (exact) mass is 320 g/mol. The van der Waals surface area contributed by atoms with Crippen molar-refractivity contribution < 1.29 is 26.3 Å². The molecule has 1 N–H and O–H groups in total. The standard InChI is InChI=1S/C12H8F4N2O2S/c13-8-4-2-1-3-7(8)9-5-10(12(14,15)16)18-11(17-9)6-21(19)20/h1-5H,6H2,(H,19,20). The quantitative estimate of drug-likeness (QED) is 0.697. The Morgan fingerprint density at radius 1 is 1.19 bits per heavy atom. The Morgan fingerprint density at radius 2 is 1.86 bits per heavy atom. The van der Waals surface area contributed by atoms with Crippen molar-refractivity contribution in [1.82, 2.24) is 9.97 Å². The zero-order valence-corrected chi connectivity index (χ0v) is 11.1. The fraction of sp³-hybridized carbons (Fsp3) is 0.167. The van der Waals surface area contributed by atoms with Crippen LogP contribution in [0.15, 0.2) is 30.3 Å². The molecule has 0 radical (unpaired) electrons. The first-order valence-electron chi connectivity index (χ1n) is 5.55. The molecule has 0 spiro atoms. The Labute approximate surface area is 119 Å². The van der Waals surface area contributed by atoms with Crippen molar-refractivity contribution in [2.24, 2.45) is 0 Å². The molecule has 0 bridgehead atoms. The number of benzene rings is 1. The number of rotatable bonds is 3. The average Bonchev–Trinajstić information content (AvgIpc) is 2.37. The molecular formula is C12H8F4N2O2S. The van der Waals surface area contributed by atoms with Gasteiger partial charge < -0.3 is 4.55 Å². The minimum absolute atomic E-state index is 0.143.